The van der Waals surface area contributed by atoms with Gasteiger partial charge in [0.1, 0.15) is 6.33 Å². The van der Waals surface area contributed by atoms with E-state index < -0.39 is 0 Å². The van der Waals surface area contributed by atoms with Gasteiger partial charge in [-0.1, -0.05) is 19.4 Å². The third-order valence-corrected chi connectivity index (χ3v) is 4.42. The minimum absolute atomic E-state index is 0.243. The lowest BCUT2D eigenvalue weighted by atomic mass is 10.2. The second kappa shape index (κ2) is 6.47. The molecular weight excluding hydrogens is 314 g/mol. The topological polar surface area (TPSA) is 72.7 Å². The summed E-state index contributed by atoms with van der Waals surface area (Å²) >= 11 is 0. The highest BCUT2D eigenvalue weighted by molar-refractivity contribution is 6.00. The number of aromatic nitrogens is 4. The highest BCUT2D eigenvalue weighted by Crippen LogP contribution is 2.33. The van der Waals surface area contributed by atoms with Crippen molar-refractivity contribution < 1.29 is 4.79 Å². The fraction of sp³-hybridized carbons (Fsp3) is 0.263. The zero-order chi connectivity index (χ0) is 17.2. The smallest absolute Gasteiger partial charge is 0.247 e. The zero-order valence-corrected chi connectivity index (χ0v) is 13.9. The Balaban J connectivity index is 1.65. The van der Waals surface area contributed by atoms with Crippen LogP contribution in [0.4, 0.5) is 5.69 Å². The van der Waals surface area contributed by atoms with Gasteiger partial charge in [-0.15, -0.1) is 0 Å². The summed E-state index contributed by atoms with van der Waals surface area (Å²) in [5.41, 5.74) is 3.40. The standard InChI is InChI=1S/C19H19N5O/c1-2-19(25)23-14-7-8-16-17(9-14)24(12-21-16)18-11-20-10-15(22-18)6-5-13-3-4-13/h2,7-13H,1,3-6H2,(H,23,25). The Morgan fingerprint density at radius 3 is 3.04 bits per heavy atom. The summed E-state index contributed by atoms with van der Waals surface area (Å²) in [6.45, 7) is 3.47. The van der Waals surface area contributed by atoms with Gasteiger partial charge in [-0.05, 0) is 43.0 Å². The molecule has 6 heteroatoms. The number of anilines is 1. The summed E-state index contributed by atoms with van der Waals surface area (Å²) in [5, 5.41) is 2.77. The van der Waals surface area contributed by atoms with Gasteiger partial charge >= 0.3 is 0 Å². The lowest BCUT2D eigenvalue weighted by molar-refractivity contribution is -0.111. The first-order valence-electron chi connectivity index (χ1n) is 8.45. The van der Waals surface area contributed by atoms with E-state index in [2.05, 4.69) is 21.9 Å². The summed E-state index contributed by atoms with van der Waals surface area (Å²) in [6, 6.07) is 5.57. The van der Waals surface area contributed by atoms with Crippen molar-refractivity contribution in [2.24, 2.45) is 5.92 Å². The lowest BCUT2D eigenvalue weighted by Crippen LogP contribution is -2.07. The molecule has 1 fully saturated rings. The molecule has 1 aliphatic carbocycles. The van der Waals surface area contributed by atoms with Gasteiger partial charge in [-0.25, -0.2) is 9.97 Å². The van der Waals surface area contributed by atoms with Crippen molar-refractivity contribution in [2.45, 2.75) is 25.7 Å². The van der Waals surface area contributed by atoms with Gasteiger partial charge in [0.2, 0.25) is 5.91 Å². The lowest BCUT2D eigenvalue weighted by Gasteiger charge is -2.07. The molecule has 2 aromatic heterocycles. The van der Waals surface area contributed by atoms with Crippen LogP contribution in [-0.2, 0) is 11.2 Å². The number of benzene rings is 1. The molecule has 4 rings (SSSR count). The van der Waals surface area contributed by atoms with E-state index in [0.29, 0.717) is 5.69 Å². The highest BCUT2D eigenvalue weighted by Gasteiger charge is 2.21. The summed E-state index contributed by atoms with van der Waals surface area (Å²) in [4.78, 5) is 25.0. The zero-order valence-electron chi connectivity index (χ0n) is 13.9. The molecule has 2 heterocycles. The van der Waals surface area contributed by atoms with Crippen molar-refractivity contribution in [3.8, 4) is 5.82 Å². The number of amides is 1. The van der Waals surface area contributed by atoms with Crippen molar-refractivity contribution in [3.05, 3.63) is 55.3 Å². The molecule has 0 aliphatic heterocycles. The molecular formula is C19H19N5O. The average molecular weight is 333 g/mol. The second-order valence-corrected chi connectivity index (χ2v) is 6.36. The average Bonchev–Trinajstić information content (AvgIpc) is 3.38. The Bertz CT molecular complexity index is 942. The van der Waals surface area contributed by atoms with E-state index in [1.165, 1.54) is 25.3 Å². The van der Waals surface area contributed by atoms with Crippen LogP contribution in [0.3, 0.4) is 0 Å². The van der Waals surface area contributed by atoms with Crippen LogP contribution in [0.15, 0.2) is 49.6 Å². The Labute approximate surface area is 145 Å². The van der Waals surface area contributed by atoms with Crippen LogP contribution in [0.1, 0.15) is 25.0 Å². The fourth-order valence-corrected chi connectivity index (χ4v) is 2.85. The van der Waals surface area contributed by atoms with E-state index in [1.807, 2.05) is 29.0 Å². The van der Waals surface area contributed by atoms with Crippen molar-refractivity contribution in [2.75, 3.05) is 5.32 Å². The van der Waals surface area contributed by atoms with Crippen molar-refractivity contribution >= 4 is 22.6 Å². The van der Waals surface area contributed by atoms with Crippen LogP contribution in [0, 0.1) is 5.92 Å². The molecule has 25 heavy (non-hydrogen) atoms. The monoisotopic (exact) mass is 333 g/mol. The maximum Gasteiger partial charge on any atom is 0.247 e. The summed E-state index contributed by atoms with van der Waals surface area (Å²) in [7, 11) is 0. The van der Waals surface area contributed by atoms with Crippen LogP contribution in [0.5, 0.6) is 0 Å². The first-order chi connectivity index (χ1) is 12.2. The predicted octanol–water partition coefficient (Wildman–Crippen LogP) is 3.28. The molecule has 0 atom stereocenters. The molecule has 1 saturated carbocycles. The second-order valence-electron chi connectivity index (χ2n) is 6.36. The molecule has 1 aromatic carbocycles. The Kier molecular flexibility index (Phi) is 4.01. The minimum Gasteiger partial charge on any atom is -0.322 e. The molecule has 0 radical (unpaired) electrons. The van der Waals surface area contributed by atoms with E-state index in [9.17, 15) is 4.79 Å². The van der Waals surface area contributed by atoms with Gasteiger partial charge in [-0.2, -0.15) is 0 Å². The molecule has 0 bridgehead atoms. The minimum atomic E-state index is -0.243. The number of fused-ring (bicyclic) bond motifs is 1. The van der Waals surface area contributed by atoms with Crippen LogP contribution >= 0.6 is 0 Å². The van der Waals surface area contributed by atoms with Crippen molar-refractivity contribution in [1.29, 1.82) is 0 Å². The van der Waals surface area contributed by atoms with E-state index in [-0.39, 0.29) is 5.91 Å². The number of nitrogens with one attached hydrogen (secondary N) is 1. The maximum atomic E-state index is 11.5. The van der Waals surface area contributed by atoms with Gasteiger partial charge in [0, 0.05) is 11.9 Å². The van der Waals surface area contributed by atoms with Gasteiger partial charge in [-0.3, -0.25) is 14.3 Å². The van der Waals surface area contributed by atoms with E-state index in [0.717, 1.165) is 34.9 Å². The van der Waals surface area contributed by atoms with E-state index in [1.54, 1.807) is 12.5 Å². The van der Waals surface area contributed by atoms with Crippen molar-refractivity contribution in [1.82, 2.24) is 19.5 Å². The van der Waals surface area contributed by atoms with Crippen LogP contribution in [-0.4, -0.2) is 25.4 Å². The molecule has 1 N–H and O–H groups in total. The van der Waals surface area contributed by atoms with Gasteiger partial charge in [0.05, 0.1) is 22.9 Å². The number of aryl methyl sites for hydroxylation is 1. The van der Waals surface area contributed by atoms with E-state index in [4.69, 9.17) is 4.98 Å². The quantitative estimate of drug-likeness (QED) is 0.703. The maximum absolute atomic E-state index is 11.5. The number of imidazole rings is 1. The van der Waals surface area contributed by atoms with E-state index >= 15 is 0 Å². The molecule has 0 unspecified atom stereocenters. The molecule has 0 spiro atoms. The van der Waals surface area contributed by atoms with Crippen molar-refractivity contribution in [3.63, 3.8) is 0 Å². The number of hydrogen-bond donors (Lipinski definition) is 1. The molecule has 1 aliphatic rings. The van der Waals surface area contributed by atoms with Gasteiger partial charge in [0.25, 0.3) is 0 Å². The highest BCUT2D eigenvalue weighted by atomic mass is 16.1. The first kappa shape index (κ1) is 15.5. The number of hydrogen-bond acceptors (Lipinski definition) is 4. The normalized spacial score (nSPS) is 13.8. The first-order valence-corrected chi connectivity index (χ1v) is 8.45. The van der Waals surface area contributed by atoms with Crippen LogP contribution in [0.25, 0.3) is 16.9 Å². The molecule has 6 nitrogen and oxygen atoms in total. The van der Waals surface area contributed by atoms with Crippen LogP contribution < -0.4 is 5.32 Å². The molecule has 0 saturated heterocycles. The summed E-state index contributed by atoms with van der Waals surface area (Å²) < 4.78 is 1.90. The number of nitrogens with zero attached hydrogens (tertiary/aromatic N) is 4. The largest absolute Gasteiger partial charge is 0.322 e. The molecule has 1 amide bonds. The summed E-state index contributed by atoms with van der Waals surface area (Å²) in [5.74, 6) is 1.37. The van der Waals surface area contributed by atoms with Gasteiger partial charge in [0.15, 0.2) is 5.82 Å². The number of carbonyl (C=O) groups is 1. The number of rotatable bonds is 6. The van der Waals surface area contributed by atoms with Gasteiger partial charge < -0.3 is 5.32 Å². The Hall–Kier alpha value is -3.02. The summed E-state index contributed by atoms with van der Waals surface area (Å²) in [6.07, 6.45) is 11.4. The third-order valence-electron chi connectivity index (χ3n) is 4.42. The Morgan fingerprint density at radius 1 is 1.36 bits per heavy atom. The number of carbonyl (C=O) groups excluding carboxylic acids is 1. The fourth-order valence-electron chi connectivity index (χ4n) is 2.85. The Morgan fingerprint density at radius 2 is 2.24 bits per heavy atom. The SMILES string of the molecule is C=CC(=O)Nc1ccc2ncn(-c3cncc(CCC4CC4)n3)c2c1. The molecule has 3 aromatic rings. The third kappa shape index (κ3) is 3.42. The predicted molar refractivity (Wildman–Crippen MR) is 96.5 cm³/mol. The molecule has 126 valence electrons. The van der Waals surface area contributed by atoms with Crippen LogP contribution in [0.2, 0.25) is 0 Å².